The van der Waals surface area contributed by atoms with Gasteiger partial charge >= 0.3 is 6.09 Å². The summed E-state index contributed by atoms with van der Waals surface area (Å²) in [4.78, 5) is 31.2. The van der Waals surface area contributed by atoms with Gasteiger partial charge in [-0.2, -0.15) is 0 Å². The number of carbonyl (C=O) groups excluding carboxylic acids is 1. The van der Waals surface area contributed by atoms with Crippen molar-refractivity contribution in [3.05, 3.63) is 71.9 Å². The number of amides is 2. The van der Waals surface area contributed by atoms with Crippen LogP contribution in [0.5, 0.6) is 17.4 Å². The number of nitrogen functional groups attached to an aromatic ring is 1. The number of ether oxygens (including phenoxy) is 2. The van der Waals surface area contributed by atoms with Gasteiger partial charge in [0.15, 0.2) is 5.65 Å². The fourth-order valence-corrected chi connectivity index (χ4v) is 4.87. The van der Waals surface area contributed by atoms with Crippen molar-refractivity contribution in [2.24, 2.45) is 5.73 Å². The number of hydrogen-bond acceptors (Lipinski definition) is 8. The van der Waals surface area contributed by atoms with Crippen LogP contribution in [0.3, 0.4) is 0 Å². The third-order valence-corrected chi connectivity index (χ3v) is 6.79. The number of likely N-dealkylation sites (tertiary alicyclic amines) is 1. The summed E-state index contributed by atoms with van der Waals surface area (Å²) in [5, 5.41) is 11.6. The van der Waals surface area contributed by atoms with Gasteiger partial charge in [-0.1, -0.05) is 12.1 Å². The average molecular weight is 590 g/mol. The number of carboxylic acid groups (broad SMARTS) is 1. The first-order valence-corrected chi connectivity index (χ1v) is 14.1. The van der Waals surface area contributed by atoms with E-state index in [1.54, 1.807) is 22.8 Å². The van der Waals surface area contributed by atoms with Gasteiger partial charge < -0.3 is 30.9 Å². The molecule has 228 valence electrons. The quantitative estimate of drug-likeness (QED) is 0.258. The molecule has 0 atom stereocenters. The van der Waals surface area contributed by atoms with Gasteiger partial charge in [-0.05, 0) is 89.5 Å². The van der Waals surface area contributed by atoms with Crippen LogP contribution in [0.15, 0.2) is 60.8 Å². The lowest BCUT2D eigenvalue weighted by Crippen LogP contribution is -2.46. The maximum Gasteiger partial charge on any atom is 0.402 e. The van der Waals surface area contributed by atoms with E-state index in [0.29, 0.717) is 41.0 Å². The van der Waals surface area contributed by atoms with Crippen molar-refractivity contribution >= 4 is 29.2 Å². The molecule has 5 rings (SSSR count). The summed E-state index contributed by atoms with van der Waals surface area (Å²) in [6.07, 6.45) is 2.81. The molecule has 2 amide bonds. The summed E-state index contributed by atoms with van der Waals surface area (Å²) >= 11 is 0. The maximum absolute atomic E-state index is 14.0. The lowest BCUT2D eigenvalue weighted by Gasteiger charge is -2.37. The Morgan fingerprint density at radius 3 is 2.47 bits per heavy atom. The first-order chi connectivity index (χ1) is 20.4. The number of imidazole rings is 1. The van der Waals surface area contributed by atoms with Crippen molar-refractivity contribution in [2.75, 3.05) is 36.9 Å². The Morgan fingerprint density at radius 1 is 1.05 bits per heavy atom. The molecule has 12 nitrogen and oxygen atoms in total. The highest BCUT2D eigenvalue weighted by Gasteiger charge is 2.31. The SMILES string of the molecule is Cc1ccc(Oc2ccc3nc(N)cn3n2)cc1N(C(=O)c1cccc(OCCN2CCCC2)c1)C(C)(C)C.NC(=O)O. The number of nitrogens with two attached hydrogens (primary N) is 2. The first-order valence-electron chi connectivity index (χ1n) is 14.1. The molecule has 1 saturated heterocycles. The molecule has 3 heterocycles. The molecule has 5 N–H and O–H groups in total. The molecule has 2 aromatic heterocycles. The minimum Gasteiger partial charge on any atom is -0.492 e. The van der Waals surface area contributed by atoms with Gasteiger partial charge in [0.1, 0.15) is 23.9 Å². The van der Waals surface area contributed by atoms with Gasteiger partial charge in [-0.15, -0.1) is 5.10 Å². The lowest BCUT2D eigenvalue weighted by molar-refractivity contribution is 0.0965. The Hall–Kier alpha value is -4.84. The van der Waals surface area contributed by atoms with Gasteiger partial charge in [0.2, 0.25) is 5.88 Å². The highest BCUT2D eigenvalue weighted by Crippen LogP contribution is 2.34. The van der Waals surface area contributed by atoms with Crippen LogP contribution >= 0.6 is 0 Å². The summed E-state index contributed by atoms with van der Waals surface area (Å²) in [6, 6.07) is 16.7. The summed E-state index contributed by atoms with van der Waals surface area (Å²) < 4.78 is 13.7. The number of hydrogen-bond donors (Lipinski definition) is 3. The molecule has 1 fully saturated rings. The Morgan fingerprint density at radius 2 is 1.77 bits per heavy atom. The Balaban J connectivity index is 0.000000996. The normalized spacial score (nSPS) is 13.3. The van der Waals surface area contributed by atoms with Crippen molar-refractivity contribution in [1.82, 2.24) is 19.5 Å². The molecule has 0 unspecified atom stereocenters. The van der Waals surface area contributed by atoms with Crippen LogP contribution in [0, 0.1) is 6.92 Å². The molecule has 0 saturated carbocycles. The molecule has 4 aromatic rings. The third kappa shape index (κ3) is 8.35. The molecule has 0 bridgehead atoms. The molecular formula is C31H39N7O5. The van der Waals surface area contributed by atoms with Crippen LogP contribution in [0.25, 0.3) is 5.65 Å². The minimum absolute atomic E-state index is 0.110. The van der Waals surface area contributed by atoms with Crippen molar-refractivity contribution in [3.8, 4) is 17.4 Å². The van der Waals surface area contributed by atoms with Crippen molar-refractivity contribution in [3.63, 3.8) is 0 Å². The molecule has 0 spiro atoms. The summed E-state index contributed by atoms with van der Waals surface area (Å²) in [5.41, 5.74) is 12.2. The van der Waals surface area contributed by atoms with Crippen LogP contribution in [-0.2, 0) is 0 Å². The van der Waals surface area contributed by atoms with Crippen molar-refractivity contribution < 1.29 is 24.2 Å². The molecule has 1 aliphatic rings. The van der Waals surface area contributed by atoms with E-state index in [4.69, 9.17) is 25.1 Å². The summed E-state index contributed by atoms with van der Waals surface area (Å²) in [6.45, 7) is 11.8. The average Bonchev–Trinajstić information content (AvgIpc) is 3.58. The van der Waals surface area contributed by atoms with Gasteiger partial charge in [0, 0.05) is 29.8 Å². The summed E-state index contributed by atoms with van der Waals surface area (Å²) in [7, 11) is 0. The van der Waals surface area contributed by atoms with E-state index in [0.717, 1.165) is 30.9 Å². The molecule has 12 heteroatoms. The van der Waals surface area contributed by atoms with E-state index in [-0.39, 0.29) is 5.91 Å². The van der Waals surface area contributed by atoms with Crippen LogP contribution in [0.4, 0.5) is 16.3 Å². The molecular weight excluding hydrogens is 550 g/mol. The standard InChI is InChI=1S/C30H36N6O3.CH3NO2/c1-21-10-11-24(39-28-13-12-27-32-26(31)20-35(27)33-28)19-25(21)36(30(2,3)4)29(37)22-8-7-9-23(18-22)38-17-16-34-14-5-6-15-34;2-1(3)4/h7-13,18-20H,5-6,14-17,31H2,1-4H3;2H2,(H,3,4). The van der Waals surface area contributed by atoms with E-state index in [1.807, 2.05) is 75.1 Å². The summed E-state index contributed by atoms with van der Waals surface area (Å²) in [5.74, 6) is 1.93. The second-order valence-electron chi connectivity index (χ2n) is 11.3. The van der Waals surface area contributed by atoms with E-state index in [2.05, 4.69) is 20.7 Å². The predicted molar refractivity (Wildman–Crippen MR) is 165 cm³/mol. The fraction of sp³-hybridized carbons (Fsp3) is 0.355. The molecule has 43 heavy (non-hydrogen) atoms. The van der Waals surface area contributed by atoms with Crippen LogP contribution in [-0.4, -0.2) is 68.4 Å². The fourth-order valence-electron chi connectivity index (χ4n) is 4.87. The van der Waals surface area contributed by atoms with Crippen LogP contribution in [0.2, 0.25) is 0 Å². The number of aryl methyl sites for hydroxylation is 1. The smallest absolute Gasteiger partial charge is 0.402 e. The highest BCUT2D eigenvalue weighted by atomic mass is 16.5. The van der Waals surface area contributed by atoms with Gasteiger partial charge in [-0.25, -0.2) is 14.3 Å². The maximum atomic E-state index is 14.0. The zero-order chi connectivity index (χ0) is 31.1. The number of carbonyl (C=O) groups is 2. The number of rotatable bonds is 8. The van der Waals surface area contributed by atoms with E-state index in [9.17, 15) is 4.79 Å². The molecule has 2 aromatic carbocycles. The van der Waals surface area contributed by atoms with Crippen LogP contribution in [0.1, 0.15) is 49.5 Å². The van der Waals surface area contributed by atoms with Gasteiger partial charge in [-0.3, -0.25) is 9.69 Å². The van der Waals surface area contributed by atoms with Crippen molar-refractivity contribution in [1.29, 1.82) is 0 Å². The Labute approximate surface area is 250 Å². The largest absolute Gasteiger partial charge is 0.492 e. The molecule has 1 aliphatic heterocycles. The van der Waals surface area contributed by atoms with Gasteiger partial charge in [0.05, 0.1) is 11.9 Å². The minimum atomic E-state index is -1.33. The number of benzene rings is 2. The Kier molecular flexibility index (Phi) is 9.71. The first kappa shape index (κ1) is 31.1. The third-order valence-electron chi connectivity index (χ3n) is 6.79. The Bertz CT molecular complexity index is 1570. The topological polar surface area (TPSA) is 162 Å². The number of primary amides is 1. The van der Waals surface area contributed by atoms with Gasteiger partial charge in [0.25, 0.3) is 5.91 Å². The monoisotopic (exact) mass is 589 g/mol. The highest BCUT2D eigenvalue weighted by molar-refractivity contribution is 6.07. The second-order valence-corrected chi connectivity index (χ2v) is 11.3. The van der Waals surface area contributed by atoms with Crippen molar-refractivity contribution in [2.45, 2.75) is 46.1 Å². The zero-order valence-electron chi connectivity index (χ0n) is 25.0. The molecule has 0 radical (unpaired) electrons. The molecule has 0 aliphatic carbocycles. The zero-order valence-corrected chi connectivity index (χ0v) is 25.0. The number of fused-ring (bicyclic) bond motifs is 1. The van der Waals surface area contributed by atoms with Crippen LogP contribution < -0.4 is 25.8 Å². The van der Waals surface area contributed by atoms with E-state index >= 15 is 0 Å². The predicted octanol–water partition coefficient (Wildman–Crippen LogP) is 4.96. The number of anilines is 2. The second kappa shape index (κ2) is 13.4. The van der Waals surface area contributed by atoms with E-state index in [1.165, 1.54) is 12.8 Å². The number of aromatic nitrogens is 3. The number of nitrogens with zero attached hydrogens (tertiary/aromatic N) is 5. The van der Waals surface area contributed by atoms with E-state index < -0.39 is 11.6 Å². The lowest BCUT2D eigenvalue weighted by atomic mass is 10.0.